The maximum Gasteiger partial charge on any atom is 0.106 e. The fraction of sp³-hybridized carbons (Fsp3) is 0.385. The van der Waals surface area contributed by atoms with Crippen LogP contribution in [-0.2, 0) is 6.42 Å². The summed E-state index contributed by atoms with van der Waals surface area (Å²) in [6, 6.07) is 3.96. The third-order valence-electron chi connectivity index (χ3n) is 2.74. The van der Waals surface area contributed by atoms with Gasteiger partial charge in [0.25, 0.3) is 0 Å². The number of aryl methyl sites for hydroxylation is 1. The Morgan fingerprint density at radius 1 is 1.12 bits per heavy atom. The van der Waals surface area contributed by atoms with Crippen LogP contribution >= 0.6 is 0 Å². The van der Waals surface area contributed by atoms with Gasteiger partial charge in [0.2, 0.25) is 0 Å². The Morgan fingerprint density at radius 2 is 1.94 bits per heavy atom. The Balaban J connectivity index is 1.92. The van der Waals surface area contributed by atoms with Gasteiger partial charge in [-0.15, -0.1) is 0 Å². The van der Waals surface area contributed by atoms with Crippen molar-refractivity contribution in [3.05, 3.63) is 36.5 Å². The minimum absolute atomic E-state index is 0.778. The van der Waals surface area contributed by atoms with Gasteiger partial charge in [-0.2, -0.15) is 0 Å². The number of nitrogens with one attached hydrogen (secondary N) is 1. The molecule has 0 aromatic carbocycles. The summed E-state index contributed by atoms with van der Waals surface area (Å²) in [4.78, 5) is 11.7. The van der Waals surface area contributed by atoms with Crippen LogP contribution in [0.25, 0.3) is 11.3 Å². The Bertz CT molecular complexity index is 436. The second kappa shape index (κ2) is 6.15. The maximum absolute atomic E-state index is 5.46. The summed E-state index contributed by atoms with van der Waals surface area (Å²) in [6.07, 6.45) is 9.85. The smallest absolute Gasteiger partial charge is 0.106 e. The fourth-order valence-electron chi connectivity index (χ4n) is 1.78. The number of aromatic amines is 1. The number of imidazole rings is 1. The molecule has 17 heavy (non-hydrogen) atoms. The van der Waals surface area contributed by atoms with E-state index in [-0.39, 0.29) is 0 Å². The largest absolute Gasteiger partial charge is 0.342 e. The Labute approximate surface area is 101 Å². The highest BCUT2D eigenvalue weighted by Gasteiger charge is 2.02. The predicted octanol–water partition coefficient (Wildman–Crippen LogP) is 2.14. The summed E-state index contributed by atoms with van der Waals surface area (Å²) in [5, 5.41) is 0. The number of pyridine rings is 1. The molecule has 0 fully saturated rings. The highest BCUT2D eigenvalue weighted by molar-refractivity contribution is 5.57. The molecule has 2 aromatic heterocycles. The van der Waals surface area contributed by atoms with E-state index in [0.29, 0.717) is 0 Å². The van der Waals surface area contributed by atoms with E-state index < -0.39 is 0 Å². The van der Waals surface area contributed by atoms with Crippen molar-refractivity contribution in [3.8, 4) is 11.3 Å². The lowest BCUT2D eigenvalue weighted by Crippen LogP contribution is -1.98. The van der Waals surface area contributed by atoms with Gasteiger partial charge >= 0.3 is 0 Å². The van der Waals surface area contributed by atoms with Crippen LogP contribution in [0.1, 0.15) is 25.1 Å². The third kappa shape index (κ3) is 3.39. The SMILES string of the molecule is NCCCCCc1ncc(-c2ccncc2)[nH]1. The molecule has 90 valence electrons. The molecule has 0 saturated heterocycles. The maximum atomic E-state index is 5.46. The number of unbranched alkanes of at least 4 members (excludes halogenated alkanes) is 2. The fourth-order valence-corrected chi connectivity index (χ4v) is 1.78. The van der Waals surface area contributed by atoms with Crippen molar-refractivity contribution < 1.29 is 0 Å². The van der Waals surface area contributed by atoms with Crippen LogP contribution in [0.3, 0.4) is 0 Å². The first kappa shape index (κ1) is 11.8. The van der Waals surface area contributed by atoms with E-state index in [1.54, 1.807) is 12.4 Å². The van der Waals surface area contributed by atoms with Crippen LogP contribution in [0, 0.1) is 0 Å². The van der Waals surface area contributed by atoms with Crippen molar-refractivity contribution in [1.82, 2.24) is 15.0 Å². The van der Waals surface area contributed by atoms with Crippen LogP contribution in [0.15, 0.2) is 30.7 Å². The van der Waals surface area contributed by atoms with Crippen molar-refractivity contribution in [1.29, 1.82) is 0 Å². The third-order valence-corrected chi connectivity index (χ3v) is 2.74. The Morgan fingerprint density at radius 3 is 2.71 bits per heavy atom. The van der Waals surface area contributed by atoms with Gasteiger partial charge in [-0.1, -0.05) is 6.42 Å². The Hall–Kier alpha value is -1.68. The van der Waals surface area contributed by atoms with E-state index in [4.69, 9.17) is 5.73 Å². The standard InChI is InChI=1S/C13H18N4/c14-7-3-1-2-4-13-16-10-12(17-13)11-5-8-15-9-6-11/h5-6,8-10H,1-4,7,14H2,(H,16,17). The molecule has 0 saturated carbocycles. The van der Waals surface area contributed by atoms with E-state index >= 15 is 0 Å². The van der Waals surface area contributed by atoms with E-state index in [2.05, 4.69) is 15.0 Å². The molecule has 3 N–H and O–H groups in total. The molecule has 2 aromatic rings. The summed E-state index contributed by atoms with van der Waals surface area (Å²) in [5.74, 6) is 1.05. The minimum atomic E-state index is 0.778. The lowest BCUT2D eigenvalue weighted by molar-refractivity contribution is 0.673. The summed E-state index contributed by atoms with van der Waals surface area (Å²) in [6.45, 7) is 0.778. The van der Waals surface area contributed by atoms with Crippen LogP contribution in [0.2, 0.25) is 0 Å². The molecule has 0 atom stereocenters. The van der Waals surface area contributed by atoms with Gasteiger partial charge in [0.1, 0.15) is 5.82 Å². The van der Waals surface area contributed by atoms with Gasteiger partial charge in [-0.3, -0.25) is 4.98 Å². The zero-order chi connectivity index (χ0) is 11.9. The van der Waals surface area contributed by atoms with Crippen molar-refractivity contribution in [2.24, 2.45) is 5.73 Å². The molecule has 4 nitrogen and oxygen atoms in total. The molecule has 4 heteroatoms. The van der Waals surface area contributed by atoms with E-state index in [0.717, 1.165) is 42.9 Å². The number of rotatable bonds is 6. The molecule has 2 rings (SSSR count). The lowest BCUT2D eigenvalue weighted by Gasteiger charge is -1.97. The van der Waals surface area contributed by atoms with Crippen LogP contribution in [-0.4, -0.2) is 21.5 Å². The lowest BCUT2D eigenvalue weighted by atomic mass is 10.2. The van der Waals surface area contributed by atoms with Gasteiger partial charge in [0.15, 0.2) is 0 Å². The zero-order valence-electron chi connectivity index (χ0n) is 9.89. The topological polar surface area (TPSA) is 67.6 Å². The number of nitrogens with zero attached hydrogens (tertiary/aromatic N) is 2. The predicted molar refractivity (Wildman–Crippen MR) is 68.4 cm³/mol. The van der Waals surface area contributed by atoms with Gasteiger partial charge in [0.05, 0.1) is 11.9 Å². The molecule has 0 aliphatic heterocycles. The average Bonchev–Trinajstić information content (AvgIpc) is 2.85. The molecule has 2 heterocycles. The van der Waals surface area contributed by atoms with Gasteiger partial charge in [-0.25, -0.2) is 4.98 Å². The first-order valence-corrected chi connectivity index (χ1v) is 6.04. The second-order valence-corrected chi connectivity index (χ2v) is 4.08. The molecular weight excluding hydrogens is 212 g/mol. The second-order valence-electron chi connectivity index (χ2n) is 4.08. The highest BCUT2D eigenvalue weighted by atomic mass is 14.9. The molecule has 0 amide bonds. The number of aromatic nitrogens is 3. The first-order valence-electron chi connectivity index (χ1n) is 6.04. The number of nitrogens with two attached hydrogens (primary N) is 1. The number of hydrogen-bond acceptors (Lipinski definition) is 3. The van der Waals surface area contributed by atoms with Crippen molar-refractivity contribution in [2.75, 3.05) is 6.54 Å². The Kier molecular flexibility index (Phi) is 4.27. The van der Waals surface area contributed by atoms with Crippen molar-refractivity contribution in [3.63, 3.8) is 0 Å². The van der Waals surface area contributed by atoms with Gasteiger partial charge < -0.3 is 10.7 Å². The molecule has 0 bridgehead atoms. The quantitative estimate of drug-likeness (QED) is 0.747. The minimum Gasteiger partial charge on any atom is -0.342 e. The van der Waals surface area contributed by atoms with Gasteiger partial charge in [0, 0.05) is 24.4 Å². The highest BCUT2D eigenvalue weighted by Crippen LogP contribution is 2.16. The molecule has 0 spiro atoms. The van der Waals surface area contributed by atoms with E-state index in [9.17, 15) is 0 Å². The molecule has 0 aliphatic carbocycles. The molecule has 0 unspecified atom stereocenters. The number of H-pyrrole nitrogens is 1. The van der Waals surface area contributed by atoms with Crippen LogP contribution in [0.5, 0.6) is 0 Å². The van der Waals surface area contributed by atoms with E-state index in [1.807, 2.05) is 18.3 Å². The average molecular weight is 230 g/mol. The number of hydrogen-bond donors (Lipinski definition) is 2. The summed E-state index contributed by atoms with van der Waals surface area (Å²) >= 11 is 0. The van der Waals surface area contributed by atoms with Crippen molar-refractivity contribution in [2.45, 2.75) is 25.7 Å². The first-order chi connectivity index (χ1) is 8.40. The summed E-state index contributed by atoms with van der Waals surface area (Å²) in [5.41, 5.74) is 7.64. The summed E-state index contributed by atoms with van der Waals surface area (Å²) < 4.78 is 0. The van der Waals surface area contributed by atoms with Crippen LogP contribution in [0.4, 0.5) is 0 Å². The normalized spacial score (nSPS) is 10.6. The monoisotopic (exact) mass is 230 g/mol. The van der Waals surface area contributed by atoms with E-state index in [1.165, 1.54) is 6.42 Å². The molecule has 0 aliphatic rings. The molecule has 0 radical (unpaired) electrons. The van der Waals surface area contributed by atoms with Crippen molar-refractivity contribution >= 4 is 0 Å². The molecular formula is C13H18N4. The van der Waals surface area contributed by atoms with Gasteiger partial charge in [-0.05, 0) is 31.5 Å². The summed E-state index contributed by atoms with van der Waals surface area (Å²) in [7, 11) is 0. The zero-order valence-corrected chi connectivity index (χ0v) is 9.89. The van der Waals surface area contributed by atoms with Crippen LogP contribution < -0.4 is 5.73 Å².